The van der Waals surface area contributed by atoms with Crippen molar-refractivity contribution >= 4 is 23.9 Å². The Labute approximate surface area is 226 Å². The van der Waals surface area contributed by atoms with Gasteiger partial charge in [0, 0.05) is 12.8 Å². The van der Waals surface area contributed by atoms with Gasteiger partial charge in [0.05, 0.1) is 0 Å². The molecule has 0 bridgehead atoms. The van der Waals surface area contributed by atoms with Crippen molar-refractivity contribution in [3.63, 3.8) is 0 Å². The number of alkyl carbamates (subject to hydrolysis) is 1. The summed E-state index contributed by atoms with van der Waals surface area (Å²) in [6.45, 7) is -0.0249. The maximum absolute atomic E-state index is 13.2. The second-order valence-electron chi connectivity index (χ2n) is 8.79. The van der Waals surface area contributed by atoms with Crippen molar-refractivity contribution < 1.29 is 33.8 Å². The van der Waals surface area contributed by atoms with Gasteiger partial charge in [-0.15, -0.1) is 0 Å². The molecule has 0 saturated heterocycles. The number of nitrogens with one attached hydrogen (secondary N) is 2. The molecule has 10 heteroatoms. The van der Waals surface area contributed by atoms with Crippen LogP contribution in [0.15, 0.2) is 84.9 Å². The molecule has 3 aromatic rings. The number of rotatable bonds is 13. The van der Waals surface area contributed by atoms with Crippen LogP contribution in [0.5, 0.6) is 5.75 Å². The molecule has 0 saturated carbocycles. The van der Waals surface area contributed by atoms with Gasteiger partial charge in [0.25, 0.3) is 0 Å². The summed E-state index contributed by atoms with van der Waals surface area (Å²) in [6.07, 6.45) is -1.10. The van der Waals surface area contributed by atoms with E-state index < -0.39 is 36.0 Å². The van der Waals surface area contributed by atoms with Crippen LogP contribution in [-0.4, -0.2) is 41.1 Å². The number of phenolic OH excluding ortho intramolecular Hbond substituents is 1. The zero-order chi connectivity index (χ0) is 28.0. The molecule has 0 spiro atoms. The number of hydrogen-bond acceptors (Lipinski definition) is 7. The molecule has 3 amide bonds. The predicted molar refractivity (Wildman–Crippen MR) is 142 cm³/mol. The number of primary amides is 1. The Hall–Kier alpha value is -4.86. The number of nitrogens with two attached hydrogens (primary N) is 1. The minimum absolute atomic E-state index is 0.00319. The second-order valence-corrected chi connectivity index (χ2v) is 8.79. The number of benzene rings is 3. The van der Waals surface area contributed by atoms with E-state index in [0.29, 0.717) is 5.56 Å². The van der Waals surface area contributed by atoms with E-state index >= 15 is 0 Å². The van der Waals surface area contributed by atoms with Crippen molar-refractivity contribution in [2.75, 3.05) is 0 Å². The van der Waals surface area contributed by atoms with Gasteiger partial charge in [-0.05, 0) is 35.2 Å². The van der Waals surface area contributed by atoms with E-state index in [-0.39, 0.29) is 38.2 Å². The molecule has 0 aromatic heterocycles. The van der Waals surface area contributed by atoms with Crippen LogP contribution in [0.3, 0.4) is 0 Å². The monoisotopic (exact) mass is 533 g/mol. The smallest absolute Gasteiger partial charge is 0.408 e. The lowest BCUT2D eigenvalue weighted by atomic mass is 10.0. The molecule has 204 valence electrons. The van der Waals surface area contributed by atoms with Crippen molar-refractivity contribution in [3.8, 4) is 5.75 Å². The van der Waals surface area contributed by atoms with E-state index in [9.17, 15) is 24.3 Å². The molecule has 0 fully saturated rings. The second kappa shape index (κ2) is 14.8. The third-order valence-corrected chi connectivity index (χ3v) is 5.70. The standard InChI is InChI=1S/C29H31N3O7/c30-26(34)16-15-24(32-29(37)39-19-22-9-5-2-6-10-22)27(35)31-25(17-20-11-13-23(33)14-12-20)28(36)38-18-21-7-3-1-4-8-21/h1-14,24-25,33H,15-19H2,(H2,30,34)(H,31,35)(H,32,37)/t24-,25-/m0/s1. The van der Waals surface area contributed by atoms with Crippen LogP contribution in [0.2, 0.25) is 0 Å². The number of carbonyl (C=O) groups excluding carboxylic acids is 4. The summed E-state index contributed by atoms with van der Waals surface area (Å²) >= 11 is 0. The Balaban J connectivity index is 1.69. The van der Waals surface area contributed by atoms with Gasteiger partial charge in [-0.1, -0.05) is 72.8 Å². The van der Waals surface area contributed by atoms with Gasteiger partial charge >= 0.3 is 12.1 Å². The van der Waals surface area contributed by atoms with E-state index in [2.05, 4.69) is 10.6 Å². The number of carbonyl (C=O) groups is 4. The highest BCUT2D eigenvalue weighted by Crippen LogP contribution is 2.13. The molecule has 0 radical (unpaired) electrons. The minimum atomic E-state index is -1.20. The first-order chi connectivity index (χ1) is 18.8. The molecule has 0 aliphatic rings. The highest BCUT2D eigenvalue weighted by Gasteiger charge is 2.29. The number of hydrogen-bond donors (Lipinski definition) is 4. The van der Waals surface area contributed by atoms with Crippen molar-refractivity contribution in [1.82, 2.24) is 10.6 Å². The van der Waals surface area contributed by atoms with Gasteiger partial charge in [0.15, 0.2) is 0 Å². The van der Waals surface area contributed by atoms with E-state index in [4.69, 9.17) is 15.2 Å². The van der Waals surface area contributed by atoms with E-state index in [0.717, 1.165) is 11.1 Å². The third kappa shape index (κ3) is 10.2. The number of esters is 1. The van der Waals surface area contributed by atoms with E-state index in [1.54, 1.807) is 48.5 Å². The number of ether oxygens (including phenoxy) is 2. The molecule has 0 unspecified atom stereocenters. The Bertz CT molecular complexity index is 1230. The molecule has 10 nitrogen and oxygen atoms in total. The zero-order valence-electron chi connectivity index (χ0n) is 21.2. The lowest BCUT2D eigenvalue weighted by Crippen LogP contribution is -2.52. The Morgan fingerprint density at radius 1 is 0.718 bits per heavy atom. The average Bonchev–Trinajstić information content (AvgIpc) is 2.94. The van der Waals surface area contributed by atoms with Crippen LogP contribution in [0.25, 0.3) is 0 Å². The fourth-order valence-corrected chi connectivity index (χ4v) is 3.63. The fourth-order valence-electron chi connectivity index (χ4n) is 3.63. The quantitative estimate of drug-likeness (QED) is 0.246. The first-order valence-electron chi connectivity index (χ1n) is 12.3. The highest BCUT2D eigenvalue weighted by molar-refractivity contribution is 5.90. The van der Waals surface area contributed by atoms with Gasteiger partial charge in [0.1, 0.15) is 31.0 Å². The summed E-state index contributed by atoms with van der Waals surface area (Å²) in [5.74, 6) is -2.01. The van der Waals surface area contributed by atoms with Crippen LogP contribution >= 0.6 is 0 Å². The van der Waals surface area contributed by atoms with E-state index in [1.807, 2.05) is 24.3 Å². The lowest BCUT2D eigenvalue weighted by Gasteiger charge is -2.22. The van der Waals surface area contributed by atoms with Crippen LogP contribution < -0.4 is 16.4 Å². The van der Waals surface area contributed by atoms with Gasteiger partial charge < -0.3 is 30.9 Å². The Kier molecular flexibility index (Phi) is 10.9. The van der Waals surface area contributed by atoms with Crippen molar-refractivity contribution in [2.24, 2.45) is 5.73 Å². The SMILES string of the molecule is NC(=O)CC[C@H](NC(=O)OCc1ccccc1)C(=O)N[C@@H](Cc1ccc(O)cc1)C(=O)OCc1ccccc1. The van der Waals surface area contributed by atoms with Crippen LogP contribution in [0, 0.1) is 0 Å². The topological polar surface area (TPSA) is 157 Å². The molecule has 3 rings (SSSR count). The van der Waals surface area contributed by atoms with Gasteiger partial charge in [-0.2, -0.15) is 0 Å². The van der Waals surface area contributed by atoms with Gasteiger partial charge in [-0.25, -0.2) is 9.59 Å². The molecular formula is C29H31N3O7. The van der Waals surface area contributed by atoms with Crippen molar-refractivity contribution in [2.45, 2.75) is 44.6 Å². The fraction of sp³-hybridized carbons (Fsp3) is 0.241. The molecular weight excluding hydrogens is 502 g/mol. The van der Waals surface area contributed by atoms with Gasteiger partial charge in [0.2, 0.25) is 11.8 Å². The summed E-state index contributed by atoms with van der Waals surface area (Å²) in [5.41, 5.74) is 7.42. The van der Waals surface area contributed by atoms with E-state index in [1.165, 1.54) is 12.1 Å². The predicted octanol–water partition coefficient (Wildman–Crippen LogP) is 2.72. The van der Waals surface area contributed by atoms with Crippen LogP contribution in [0.1, 0.15) is 29.5 Å². The molecule has 3 aromatic carbocycles. The molecule has 5 N–H and O–H groups in total. The zero-order valence-corrected chi connectivity index (χ0v) is 21.2. The number of aromatic hydroxyl groups is 1. The Morgan fingerprint density at radius 3 is 1.85 bits per heavy atom. The average molecular weight is 534 g/mol. The first-order valence-corrected chi connectivity index (χ1v) is 12.3. The first kappa shape index (κ1) is 28.7. The third-order valence-electron chi connectivity index (χ3n) is 5.70. The van der Waals surface area contributed by atoms with Crippen LogP contribution in [0.4, 0.5) is 4.79 Å². The summed E-state index contributed by atoms with van der Waals surface area (Å²) in [4.78, 5) is 50.1. The number of amides is 3. The number of phenols is 1. The normalized spacial score (nSPS) is 12.0. The minimum Gasteiger partial charge on any atom is -0.508 e. The molecule has 0 aliphatic heterocycles. The largest absolute Gasteiger partial charge is 0.508 e. The van der Waals surface area contributed by atoms with Crippen molar-refractivity contribution in [1.29, 1.82) is 0 Å². The molecule has 39 heavy (non-hydrogen) atoms. The molecule has 2 atom stereocenters. The molecule has 0 aliphatic carbocycles. The maximum atomic E-state index is 13.2. The van der Waals surface area contributed by atoms with Crippen LogP contribution in [-0.2, 0) is 43.5 Å². The summed E-state index contributed by atoms with van der Waals surface area (Å²) in [7, 11) is 0. The van der Waals surface area contributed by atoms with Gasteiger partial charge in [-0.3, -0.25) is 9.59 Å². The molecule has 0 heterocycles. The lowest BCUT2D eigenvalue weighted by molar-refractivity contribution is -0.149. The highest BCUT2D eigenvalue weighted by atomic mass is 16.5. The van der Waals surface area contributed by atoms with Crippen molar-refractivity contribution in [3.05, 3.63) is 102 Å². The summed E-state index contributed by atoms with van der Waals surface area (Å²) in [5, 5.41) is 14.7. The summed E-state index contributed by atoms with van der Waals surface area (Å²) in [6, 6.07) is 21.9. The summed E-state index contributed by atoms with van der Waals surface area (Å²) < 4.78 is 10.6. The Morgan fingerprint density at radius 2 is 1.28 bits per heavy atom. The maximum Gasteiger partial charge on any atom is 0.408 e.